The Morgan fingerprint density at radius 2 is 1.71 bits per heavy atom. The van der Waals surface area contributed by atoms with Crippen LogP contribution >= 0.6 is 11.6 Å². The van der Waals surface area contributed by atoms with Crippen molar-refractivity contribution < 1.29 is 0 Å². The first-order chi connectivity index (χ1) is 9.77. The topological polar surface area (TPSA) is 15.3 Å². The minimum Gasteiger partial charge on any atom is -0.382 e. The Hall–Kier alpha value is -0.890. The number of halogens is 1. The summed E-state index contributed by atoms with van der Waals surface area (Å²) in [5.41, 5.74) is 2.66. The molecule has 1 aliphatic carbocycles. The molecule has 0 heterocycles. The van der Waals surface area contributed by atoms with Gasteiger partial charge in [0.1, 0.15) is 0 Å². The van der Waals surface area contributed by atoms with Crippen molar-refractivity contribution in [3.05, 3.63) is 23.2 Å². The highest BCUT2D eigenvalue weighted by Crippen LogP contribution is 2.38. The van der Waals surface area contributed by atoms with Crippen LogP contribution in [-0.2, 0) is 0 Å². The summed E-state index contributed by atoms with van der Waals surface area (Å²) >= 11 is 6.34. The quantitative estimate of drug-likeness (QED) is 0.801. The van der Waals surface area contributed by atoms with Gasteiger partial charge in [0.15, 0.2) is 0 Å². The third kappa shape index (κ3) is 4.29. The lowest BCUT2D eigenvalue weighted by Gasteiger charge is -2.37. The average Bonchev–Trinajstić information content (AvgIpc) is 2.38. The van der Waals surface area contributed by atoms with Crippen molar-refractivity contribution >= 4 is 23.0 Å². The van der Waals surface area contributed by atoms with Gasteiger partial charge in [-0.25, -0.2) is 0 Å². The molecule has 21 heavy (non-hydrogen) atoms. The maximum absolute atomic E-state index is 6.34. The van der Waals surface area contributed by atoms with Gasteiger partial charge >= 0.3 is 0 Å². The van der Waals surface area contributed by atoms with Crippen LogP contribution in [0.5, 0.6) is 0 Å². The summed E-state index contributed by atoms with van der Waals surface area (Å²) in [6, 6.07) is 6.86. The van der Waals surface area contributed by atoms with Gasteiger partial charge in [0.05, 0.1) is 10.7 Å². The van der Waals surface area contributed by atoms with E-state index in [1.54, 1.807) is 0 Å². The van der Waals surface area contributed by atoms with Gasteiger partial charge < -0.3 is 10.2 Å². The Morgan fingerprint density at radius 3 is 2.19 bits per heavy atom. The normalized spacial score (nSPS) is 23.0. The van der Waals surface area contributed by atoms with Crippen LogP contribution in [-0.4, -0.2) is 20.1 Å². The van der Waals surface area contributed by atoms with E-state index in [1.165, 1.54) is 25.7 Å². The summed E-state index contributed by atoms with van der Waals surface area (Å²) in [6.07, 6.45) is 5.17. The fourth-order valence-corrected chi connectivity index (χ4v) is 3.65. The largest absolute Gasteiger partial charge is 0.382 e. The molecular weight excluding hydrogens is 280 g/mol. The molecule has 1 aromatic rings. The molecule has 0 amide bonds. The van der Waals surface area contributed by atoms with Crippen LogP contribution in [0.25, 0.3) is 0 Å². The van der Waals surface area contributed by atoms with Crippen LogP contribution in [0, 0.1) is 11.3 Å². The van der Waals surface area contributed by atoms with Gasteiger partial charge in [-0.15, -0.1) is 0 Å². The summed E-state index contributed by atoms with van der Waals surface area (Å²) < 4.78 is 0. The van der Waals surface area contributed by atoms with Gasteiger partial charge in [-0.1, -0.05) is 32.4 Å². The summed E-state index contributed by atoms with van der Waals surface area (Å²) in [6.45, 7) is 7.10. The predicted molar refractivity (Wildman–Crippen MR) is 94.6 cm³/mol. The van der Waals surface area contributed by atoms with E-state index >= 15 is 0 Å². The highest BCUT2D eigenvalue weighted by molar-refractivity contribution is 6.33. The van der Waals surface area contributed by atoms with E-state index in [1.807, 2.05) is 25.1 Å². The van der Waals surface area contributed by atoms with Gasteiger partial charge in [-0.3, -0.25) is 0 Å². The Labute approximate surface area is 134 Å². The van der Waals surface area contributed by atoms with Crippen molar-refractivity contribution in [2.75, 3.05) is 24.3 Å². The zero-order valence-electron chi connectivity index (χ0n) is 14.0. The molecule has 0 radical (unpaired) electrons. The third-order valence-electron chi connectivity index (χ3n) is 4.75. The number of anilines is 2. The molecule has 0 saturated heterocycles. The first-order valence-electron chi connectivity index (χ1n) is 8.01. The SMILES string of the molecule is CN(C)c1ccc(NC2CCC(C(C)(C)C)CC2)cc1Cl. The molecule has 1 aliphatic rings. The molecule has 1 N–H and O–H groups in total. The molecule has 3 heteroatoms. The molecule has 0 aliphatic heterocycles. The first-order valence-corrected chi connectivity index (χ1v) is 8.38. The van der Waals surface area contributed by atoms with Gasteiger partial charge in [-0.05, 0) is 55.2 Å². The van der Waals surface area contributed by atoms with E-state index in [2.05, 4.69) is 38.2 Å². The molecule has 1 fully saturated rings. The van der Waals surface area contributed by atoms with Gasteiger partial charge in [-0.2, -0.15) is 0 Å². The zero-order valence-corrected chi connectivity index (χ0v) is 14.8. The van der Waals surface area contributed by atoms with Gasteiger partial charge in [0, 0.05) is 25.8 Å². The van der Waals surface area contributed by atoms with Crippen LogP contribution in [0.3, 0.4) is 0 Å². The Bertz CT molecular complexity index is 469. The fraction of sp³-hybridized carbons (Fsp3) is 0.667. The van der Waals surface area contributed by atoms with Gasteiger partial charge in [0.2, 0.25) is 0 Å². The van der Waals surface area contributed by atoms with E-state index in [-0.39, 0.29) is 0 Å². The summed E-state index contributed by atoms with van der Waals surface area (Å²) in [5.74, 6) is 0.857. The van der Waals surface area contributed by atoms with Crippen LogP contribution in [0.4, 0.5) is 11.4 Å². The second-order valence-corrected chi connectivity index (χ2v) is 8.03. The lowest BCUT2D eigenvalue weighted by atomic mass is 9.71. The smallest absolute Gasteiger partial charge is 0.0659 e. The standard InChI is InChI=1S/C18H29ClN2/c1-18(2,3)13-6-8-14(9-7-13)20-15-10-11-17(21(4)5)16(19)12-15/h10-14,20H,6-9H2,1-5H3. The Morgan fingerprint density at radius 1 is 1.10 bits per heavy atom. The van der Waals surface area contributed by atoms with Crippen LogP contribution in [0.1, 0.15) is 46.5 Å². The number of nitrogens with zero attached hydrogens (tertiary/aromatic N) is 1. The maximum Gasteiger partial charge on any atom is 0.0659 e. The molecule has 0 bridgehead atoms. The molecule has 0 atom stereocenters. The highest BCUT2D eigenvalue weighted by atomic mass is 35.5. The summed E-state index contributed by atoms with van der Waals surface area (Å²) in [4.78, 5) is 2.04. The van der Waals surface area contributed by atoms with Crippen LogP contribution in [0.2, 0.25) is 5.02 Å². The molecular formula is C18H29ClN2. The molecule has 0 aromatic heterocycles. The van der Waals surface area contributed by atoms with Crippen molar-refractivity contribution in [2.24, 2.45) is 11.3 Å². The van der Waals surface area contributed by atoms with Crippen molar-refractivity contribution in [2.45, 2.75) is 52.5 Å². The number of rotatable bonds is 3. The van der Waals surface area contributed by atoms with Crippen molar-refractivity contribution in [1.29, 1.82) is 0 Å². The number of hydrogen-bond donors (Lipinski definition) is 1. The zero-order chi connectivity index (χ0) is 15.6. The van der Waals surface area contributed by atoms with E-state index in [0.717, 1.165) is 22.3 Å². The number of hydrogen-bond acceptors (Lipinski definition) is 2. The molecule has 1 saturated carbocycles. The lowest BCUT2D eigenvalue weighted by Crippen LogP contribution is -2.31. The number of nitrogens with one attached hydrogen (secondary N) is 1. The van der Waals surface area contributed by atoms with E-state index in [0.29, 0.717) is 11.5 Å². The Kier molecular flexibility index (Phi) is 5.08. The predicted octanol–water partition coefficient (Wildman–Crippen LogP) is 5.42. The summed E-state index contributed by atoms with van der Waals surface area (Å²) in [7, 11) is 4.03. The van der Waals surface area contributed by atoms with E-state index < -0.39 is 0 Å². The van der Waals surface area contributed by atoms with E-state index in [4.69, 9.17) is 11.6 Å². The number of benzene rings is 1. The average molecular weight is 309 g/mol. The fourth-order valence-electron chi connectivity index (χ4n) is 3.30. The summed E-state index contributed by atoms with van der Waals surface area (Å²) in [5, 5.41) is 4.47. The first kappa shape index (κ1) is 16.5. The maximum atomic E-state index is 6.34. The molecule has 1 aromatic carbocycles. The minimum absolute atomic E-state index is 0.446. The van der Waals surface area contributed by atoms with Crippen LogP contribution < -0.4 is 10.2 Å². The van der Waals surface area contributed by atoms with Crippen molar-refractivity contribution in [1.82, 2.24) is 0 Å². The van der Waals surface area contributed by atoms with Gasteiger partial charge in [0.25, 0.3) is 0 Å². The molecule has 0 spiro atoms. The second kappa shape index (κ2) is 6.48. The van der Waals surface area contributed by atoms with Crippen LogP contribution in [0.15, 0.2) is 18.2 Å². The molecule has 0 unspecified atom stereocenters. The molecule has 2 nitrogen and oxygen atoms in total. The molecule has 2 rings (SSSR count). The third-order valence-corrected chi connectivity index (χ3v) is 5.05. The highest BCUT2D eigenvalue weighted by Gasteiger charge is 2.29. The van der Waals surface area contributed by atoms with E-state index in [9.17, 15) is 0 Å². The van der Waals surface area contributed by atoms with Crippen molar-refractivity contribution in [3.8, 4) is 0 Å². The minimum atomic E-state index is 0.446. The van der Waals surface area contributed by atoms with Crippen molar-refractivity contribution in [3.63, 3.8) is 0 Å². The second-order valence-electron chi connectivity index (χ2n) is 7.62. The molecule has 118 valence electrons. The lowest BCUT2D eigenvalue weighted by molar-refractivity contribution is 0.173. The monoisotopic (exact) mass is 308 g/mol. The Balaban J connectivity index is 1.93.